The summed E-state index contributed by atoms with van der Waals surface area (Å²) in [6.45, 7) is 0. The van der Waals surface area contributed by atoms with Gasteiger partial charge in [0.25, 0.3) is 0 Å². The standard InChI is InChI=1S/C23H21FN4O3/c1-30-19-7-6-13(11-20(19)31-2)15-9-17-21(18(29)10-15)22(14-4-3-5-16(24)8-14)28-23(27-17)25-12-26-28/h3-8,11-12,15,21-22H,9-10H2,1-2H3. The summed E-state index contributed by atoms with van der Waals surface area (Å²) < 4.78 is 26.4. The maximum atomic E-state index is 14.0. The molecule has 1 aromatic heterocycles. The van der Waals surface area contributed by atoms with Crippen LogP contribution >= 0.6 is 0 Å². The van der Waals surface area contributed by atoms with E-state index < -0.39 is 12.0 Å². The van der Waals surface area contributed by atoms with Crippen LogP contribution in [0.2, 0.25) is 0 Å². The molecule has 1 aliphatic heterocycles. The van der Waals surface area contributed by atoms with Crippen LogP contribution in [0.4, 0.5) is 10.3 Å². The zero-order valence-corrected chi connectivity index (χ0v) is 17.2. The van der Waals surface area contributed by atoms with Crippen LogP contribution in [0.25, 0.3) is 0 Å². The summed E-state index contributed by atoms with van der Waals surface area (Å²) in [4.78, 5) is 22.3. The van der Waals surface area contributed by atoms with E-state index in [0.717, 1.165) is 11.3 Å². The Morgan fingerprint density at radius 3 is 2.65 bits per heavy atom. The van der Waals surface area contributed by atoms with Gasteiger partial charge in [0.2, 0.25) is 5.95 Å². The van der Waals surface area contributed by atoms with E-state index >= 15 is 0 Å². The van der Waals surface area contributed by atoms with Gasteiger partial charge in [0.1, 0.15) is 17.9 Å². The van der Waals surface area contributed by atoms with Gasteiger partial charge < -0.3 is 9.47 Å². The molecule has 0 radical (unpaired) electrons. The van der Waals surface area contributed by atoms with Gasteiger partial charge in [-0.05, 0) is 47.7 Å². The Kier molecular flexibility index (Phi) is 4.77. The number of aromatic nitrogens is 3. The highest BCUT2D eigenvalue weighted by Crippen LogP contribution is 2.44. The first-order valence-electron chi connectivity index (χ1n) is 10.1. The van der Waals surface area contributed by atoms with E-state index in [1.165, 1.54) is 18.5 Å². The van der Waals surface area contributed by atoms with Crippen LogP contribution < -0.4 is 9.47 Å². The number of fused-ring (bicyclic) bond motifs is 2. The molecule has 0 saturated heterocycles. The topological polar surface area (TPSA) is 78.6 Å². The molecule has 2 heterocycles. The average molecular weight is 420 g/mol. The number of methoxy groups -OCH3 is 2. The quantitative estimate of drug-likeness (QED) is 0.640. The molecule has 3 atom stereocenters. The average Bonchev–Trinajstić information content (AvgIpc) is 3.25. The molecule has 1 aliphatic carbocycles. The first kappa shape index (κ1) is 19.4. The Balaban J connectivity index is 1.54. The highest BCUT2D eigenvalue weighted by atomic mass is 19.1. The lowest BCUT2D eigenvalue weighted by Gasteiger charge is -2.37. The molecule has 0 amide bonds. The van der Waals surface area contributed by atoms with Crippen molar-refractivity contribution in [2.24, 2.45) is 10.9 Å². The highest BCUT2D eigenvalue weighted by molar-refractivity contribution is 6.10. The third-order valence-corrected chi connectivity index (χ3v) is 6.06. The Bertz CT molecular complexity index is 1190. The molecule has 31 heavy (non-hydrogen) atoms. The number of aliphatic imine (C=N–C) groups is 1. The molecule has 1 saturated carbocycles. The summed E-state index contributed by atoms with van der Waals surface area (Å²) in [5.41, 5.74) is 2.43. The minimum atomic E-state index is -0.493. The van der Waals surface area contributed by atoms with Gasteiger partial charge in [-0.2, -0.15) is 10.1 Å². The van der Waals surface area contributed by atoms with E-state index in [9.17, 15) is 9.18 Å². The molecule has 8 heteroatoms. The van der Waals surface area contributed by atoms with Crippen LogP contribution in [-0.2, 0) is 4.79 Å². The minimum Gasteiger partial charge on any atom is -0.493 e. The monoisotopic (exact) mass is 420 g/mol. The second-order valence-corrected chi connectivity index (χ2v) is 7.77. The number of Topliss-reactive ketones (excluding diaryl/α,β-unsaturated/α-hetero) is 1. The van der Waals surface area contributed by atoms with Gasteiger partial charge >= 0.3 is 0 Å². The van der Waals surface area contributed by atoms with Crippen LogP contribution in [0, 0.1) is 11.7 Å². The fraction of sp³-hybridized carbons (Fsp3) is 0.304. The third kappa shape index (κ3) is 3.28. The van der Waals surface area contributed by atoms with Gasteiger partial charge in [-0.3, -0.25) is 4.79 Å². The van der Waals surface area contributed by atoms with Crippen molar-refractivity contribution in [3.05, 3.63) is 65.7 Å². The number of halogens is 1. The van der Waals surface area contributed by atoms with Crippen LogP contribution in [-0.4, -0.2) is 40.5 Å². The van der Waals surface area contributed by atoms with E-state index in [0.29, 0.717) is 35.9 Å². The molecule has 0 N–H and O–H groups in total. The summed E-state index contributed by atoms with van der Waals surface area (Å²) >= 11 is 0. The van der Waals surface area contributed by atoms with Crippen LogP contribution in [0.5, 0.6) is 11.5 Å². The lowest BCUT2D eigenvalue weighted by Crippen LogP contribution is -2.41. The lowest BCUT2D eigenvalue weighted by molar-refractivity contribution is -0.122. The van der Waals surface area contributed by atoms with Crippen molar-refractivity contribution in [2.45, 2.75) is 24.8 Å². The largest absolute Gasteiger partial charge is 0.493 e. The number of carbonyl (C=O) groups is 1. The van der Waals surface area contributed by atoms with E-state index in [-0.39, 0.29) is 17.5 Å². The van der Waals surface area contributed by atoms with Crippen molar-refractivity contribution < 1.29 is 18.7 Å². The fourth-order valence-corrected chi connectivity index (χ4v) is 4.64. The molecule has 7 nitrogen and oxygen atoms in total. The number of hydrogen-bond acceptors (Lipinski definition) is 6. The SMILES string of the molecule is COc1ccc(C2CC(=O)C3C(=Nc4ncnn4C3c3cccc(F)c3)C2)cc1OC. The van der Waals surface area contributed by atoms with Gasteiger partial charge in [0.05, 0.1) is 26.2 Å². The van der Waals surface area contributed by atoms with Gasteiger partial charge in [-0.15, -0.1) is 0 Å². The number of rotatable bonds is 4. The van der Waals surface area contributed by atoms with Crippen molar-refractivity contribution in [1.82, 2.24) is 14.8 Å². The van der Waals surface area contributed by atoms with E-state index in [2.05, 4.69) is 15.1 Å². The molecular weight excluding hydrogens is 399 g/mol. The summed E-state index contributed by atoms with van der Waals surface area (Å²) in [6.07, 6.45) is 2.37. The molecule has 3 unspecified atom stereocenters. The molecule has 1 fully saturated rings. The van der Waals surface area contributed by atoms with Gasteiger partial charge in [0.15, 0.2) is 11.5 Å². The maximum absolute atomic E-state index is 14.0. The predicted octanol–water partition coefficient (Wildman–Crippen LogP) is 3.87. The number of hydrogen-bond donors (Lipinski definition) is 0. The number of ketones is 1. The molecule has 2 aliphatic rings. The Hall–Kier alpha value is -3.55. The van der Waals surface area contributed by atoms with Crippen molar-refractivity contribution >= 4 is 17.4 Å². The van der Waals surface area contributed by atoms with Gasteiger partial charge in [-0.25, -0.2) is 14.1 Å². The number of nitrogens with zero attached hydrogens (tertiary/aromatic N) is 4. The summed E-state index contributed by atoms with van der Waals surface area (Å²) in [7, 11) is 3.18. The molecule has 158 valence electrons. The summed E-state index contributed by atoms with van der Waals surface area (Å²) in [5, 5.41) is 4.28. The van der Waals surface area contributed by atoms with Crippen molar-refractivity contribution in [3.63, 3.8) is 0 Å². The van der Waals surface area contributed by atoms with Gasteiger partial charge in [-0.1, -0.05) is 18.2 Å². The molecular formula is C23H21FN4O3. The Labute approximate surface area is 178 Å². The van der Waals surface area contributed by atoms with Crippen LogP contribution in [0.3, 0.4) is 0 Å². The smallest absolute Gasteiger partial charge is 0.248 e. The second kappa shape index (κ2) is 7.61. The van der Waals surface area contributed by atoms with Gasteiger partial charge in [0, 0.05) is 12.1 Å². The lowest BCUT2D eigenvalue weighted by atomic mass is 9.72. The molecule has 5 rings (SSSR count). The molecule has 0 spiro atoms. The zero-order valence-electron chi connectivity index (χ0n) is 17.2. The molecule has 0 bridgehead atoms. The van der Waals surface area contributed by atoms with Crippen LogP contribution in [0.15, 0.2) is 53.8 Å². The van der Waals surface area contributed by atoms with Crippen molar-refractivity contribution in [1.29, 1.82) is 0 Å². The fourth-order valence-electron chi connectivity index (χ4n) is 4.64. The van der Waals surface area contributed by atoms with E-state index in [1.807, 2.05) is 24.3 Å². The van der Waals surface area contributed by atoms with Crippen LogP contribution in [0.1, 0.15) is 35.9 Å². The summed E-state index contributed by atoms with van der Waals surface area (Å²) in [5.74, 6) is 0.867. The number of carbonyl (C=O) groups excluding carboxylic acids is 1. The summed E-state index contributed by atoms with van der Waals surface area (Å²) in [6, 6.07) is 11.6. The molecule has 2 aromatic carbocycles. The normalized spacial score (nSPS) is 22.4. The second-order valence-electron chi connectivity index (χ2n) is 7.77. The number of ether oxygens (including phenoxy) is 2. The minimum absolute atomic E-state index is 0.0371. The van der Waals surface area contributed by atoms with E-state index in [1.54, 1.807) is 25.0 Å². The first-order chi connectivity index (χ1) is 15.1. The third-order valence-electron chi connectivity index (χ3n) is 6.06. The Morgan fingerprint density at radius 2 is 1.87 bits per heavy atom. The van der Waals surface area contributed by atoms with Crippen molar-refractivity contribution in [3.8, 4) is 11.5 Å². The van der Waals surface area contributed by atoms with E-state index in [4.69, 9.17) is 9.47 Å². The number of benzene rings is 2. The first-order valence-corrected chi connectivity index (χ1v) is 10.1. The molecule has 3 aromatic rings. The zero-order chi connectivity index (χ0) is 21.5. The Morgan fingerprint density at radius 1 is 1.03 bits per heavy atom. The highest BCUT2D eigenvalue weighted by Gasteiger charge is 2.44. The predicted molar refractivity (Wildman–Crippen MR) is 112 cm³/mol. The maximum Gasteiger partial charge on any atom is 0.248 e. The van der Waals surface area contributed by atoms with Crippen molar-refractivity contribution in [2.75, 3.05) is 14.2 Å².